The number of ether oxygens (including phenoxy) is 1. The molecule has 0 spiro atoms. The molecule has 7 nitrogen and oxygen atoms in total. The number of amides is 2. The molecule has 2 aliphatic heterocycles. The Balaban J connectivity index is 1.25. The molecule has 0 saturated carbocycles. The minimum absolute atomic E-state index is 0.0430. The summed E-state index contributed by atoms with van der Waals surface area (Å²) in [6, 6.07) is 15.0. The van der Waals surface area contributed by atoms with Crippen LogP contribution >= 0.6 is 0 Å². The Morgan fingerprint density at radius 1 is 1.03 bits per heavy atom. The van der Waals surface area contributed by atoms with Gasteiger partial charge < -0.3 is 20.1 Å². The van der Waals surface area contributed by atoms with Gasteiger partial charge in [0.1, 0.15) is 12.6 Å². The van der Waals surface area contributed by atoms with E-state index in [0.29, 0.717) is 12.8 Å². The van der Waals surface area contributed by atoms with Crippen molar-refractivity contribution in [2.45, 2.75) is 56.1 Å². The number of carboxylic acids is 1. The van der Waals surface area contributed by atoms with Crippen molar-refractivity contribution in [3.05, 3.63) is 59.7 Å². The van der Waals surface area contributed by atoms with Gasteiger partial charge in [0.25, 0.3) is 0 Å². The van der Waals surface area contributed by atoms with Gasteiger partial charge in [0, 0.05) is 24.4 Å². The smallest absolute Gasteiger partial charge is 0.407 e. The highest BCUT2D eigenvalue weighted by atomic mass is 16.5. The first kappa shape index (κ1) is 23.0. The fourth-order valence-electron chi connectivity index (χ4n) is 6.02. The second-order valence-corrected chi connectivity index (χ2v) is 9.57. The molecule has 5 rings (SSSR count). The largest absolute Gasteiger partial charge is 0.481 e. The van der Waals surface area contributed by atoms with Crippen LogP contribution in [0.5, 0.6) is 0 Å². The first-order valence-electron chi connectivity index (χ1n) is 12.1. The topological polar surface area (TPSA) is 95.9 Å². The Morgan fingerprint density at radius 3 is 2.14 bits per heavy atom. The van der Waals surface area contributed by atoms with E-state index in [4.69, 9.17) is 11.2 Å². The minimum atomic E-state index is -0.903. The number of piperidine rings is 1. The van der Waals surface area contributed by atoms with Gasteiger partial charge in [-0.1, -0.05) is 48.5 Å². The Hall–Kier alpha value is -3.79. The van der Waals surface area contributed by atoms with Gasteiger partial charge in [-0.25, -0.2) is 4.79 Å². The number of carboxylic acid groups (broad SMARTS) is 1. The monoisotopic (exact) mass is 472 g/mol. The van der Waals surface area contributed by atoms with Crippen molar-refractivity contribution >= 4 is 18.0 Å². The van der Waals surface area contributed by atoms with Crippen LogP contribution in [0.3, 0.4) is 0 Å². The van der Waals surface area contributed by atoms with E-state index in [2.05, 4.69) is 23.4 Å². The van der Waals surface area contributed by atoms with Crippen molar-refractivity contribution in [3.63, 3.8) is 0 Å². The molecule has 180 valence electrons. The van der Waals surface area contributed by atoms with Crippen LogP contribution in [-0.4, -0.2) is 52.7 Å². The predicted octanol–water partition coefficient (Wildman–Crippen LogP) is 3.77. The van der Waals surface area contributed by atoms with E-state index in [1.165, 1.54) is 0 Å². The summed E-state index contributed by atoms with van der Waals surface area (Å²) in [5, 5.41) is 12.1. The molecule has 2 bridgehead atoms. The number of nitrogens with zero attached hydrogens (tertiary/aromatic N) is 1. The van der Waals surface area contributed by atoms with E-state index in [0.717, 1.165) is 35.1 Å². The fraction of sp³-hybridized carbons (Fsp3) is 0.393. The Morgan fingerprint density at radius 2 is 1.60 bits per heavy atom. The molecule has 3 aliphatic rings. The third-order valence-electron chi connectivity index (χ3n) is 7.59. The molecule has 1 aliphatic carbocycles. The van der Waals surface area contributed by atoms with Gasteiger partial charge in [-0.2, -0.15) is 0 Å². The summed E-state index contributed by atoms with van der Waals surface area (Å²) in [4.78, 5) is 39.3. The van der Waals surface area contributed by atoms with Gasteiger partial charge in [-0.05, 0) is 47.9 Å². The molecular formula is C28H28N2O5. The fourth-order valence-corrected chi connectivity index (χ4v) is 6.02. The summed E-state index contributed by atoms with van der Waals surface area (Å²) in [5.41, 5.74) is 4.49. The van der Waals surface area contributed by atoms with E-state index in [1.807, 2.05) is 36.4 Å². The quantitative estimate of drug-likeness (QED) is 0.624. The van der Waals surface area contributed by atoms with Crippen LogP contribution in [0.15, 0.2) is 48.5 Å². The van der Waals surface area contributed by atoms with Crippen LogP contribution < -0.4 is 5.32 Å². The zero-order valence-corrected chi connectivity index (χ0v) is 19.4. The van der Waals surface area contributed by atoms with Crippen molar-refractivity contribution < 1.29 is 24.2 Å². The second-order valence-electron chi connectivity index (χ2n) is 9.57. The average Bonchev–Trinajstić information content (AvgIpc) is 3.32. The minimum Gasteiger partial charge on any atom is -0.481 e. The Kier molecular flexibility index (Phi) is 6.21. The number of aliphatic carboxylic acids is 1. The maximum Gasteiger partial charge on any atom is 0.407 e. The van der Waals surface area contributed by atoms with Gasteiger partial charge in [0.15, 0.2) is 0 Å². The number of alkyl carbamates (subject to hydrolysis) is 1. The number of rotatable bonds is 6. The van der Waals surface area contributed by atoms with Crippen LogP contribution in [0, 0.1) is 18.3 Å². The lowest BCUT2D eigenvalue weighted by atomic mass is 9.90. The second kappa shape index (κ2) is 9.46. The molecule has 2 saturated heterocycles. The molecule has 0 aromatic heterocycles. The molecule has 0 radical (unpaired) electrons. The summed E-state index contributed by atoms with van der Waals surface area (Å²) < 4.78 is 5.60. The highest BCUT2D eigenvalue weighted by Crippen LogP contribution is 2.44. The van der Waals surface area contributed by atoms with Crippen molar-refractivity contribution in [2.24, 2.45) is 5.92 Å². The zero-order chi connectivity index (χ0) is 24.5. The molecule has 2 aromatic carbocycles. The third-order valence-corrected chi connectivity index (χ3v) is 7.59. The van der Waals surface area contributed by atoms with Gasteiger partial charge in [0.05, 0.1) is 5.92 Å². The molecule has 2 amide bonds. The zero-order valence-electron chi connectivity index (χ0n) is 19.4. The lowest BCUT2D eigenvalue weighted by molar-refractivity contribution is -0.149. The van der Waals surface area contributed by atoms with E-state index < -0.39 is 24.0 Å². The van der Waals surface area contributed by atoms with E-state index >= 15 is 0 Å². The molecule has 35 heavy (non-hydrogen) atoms. The standard InChI is InChI=1S/C28H28N2O5/c1-2-7-25(26(31)30-18-12-13-19(30)15-17(14-18)27(32)33)29-28(34)35-16-24-22-10-5-3-8-20(22)21-9-4-6-11-23(21)24/h1,3-6,8-11,17-19,24-25H,7,12-16H2,(H,29,34)(H,32,33). The van der Waals surface area contributed by atoms with Crippen LogP contribution in [0.1, 0.15) is 49.1 Å². The molecule has 2 aromatic rings. The normalized spacial score (nSPS) is 23.1. The van der Waals surface area contributed by atoms with Crippen molar-refractivity contribution in [2.75, 3.05) is 6.61 Å². The maximum absolute atomic E-state index is 13.4. The lowest BCUT2D eigenvalue weighted by Crippen LogP contribution is -2.55. The van der Waals surface area contributed by atoms with Gasteiger partial charge >= 0.3 is 12.1 Å². The third kappa shape index (κ3) is 4.25. The van der Waals surface area contributed by atoms with Crippen molar-refractivity contribution in [1.29, 1.82) is 0 Å². The van der Waals surface area contributed by atoms with Crippen molar-refractivity contribution in [3.8, 4) is 23.5 Å². The van der Waals surface area contributed by atoms with Crippen LogP contribution in [0.4, 0.5) is 4.79 Å². The number of nitrogens with one attached hydrogen (secondary N) is 1. The number of fused-ring (bicyclic) bond motifs is 5. The summed E-state index contributed by atoms with van der Waals surface area (Å²) >= 11 is 0. The summed E-state index contributed by atoms with van der Waals surface area (Å²) in [6.45, 7) is 0.145. The molecule has 7 heteroatoms. The van der Waals surface area contributed by atoms with Crippen molar-refractivity contribution in [1.82, 2.24) is 10.2 Å². The highest BCUT2D eigenvalue weighted by molar-refractivity contribution is 5.87. The van der Waals surface area contributed by atoms with Gasteiger partial charge in [0.2, 0.25) is 5.91 Å². The molecule has 2 heterocycles. The number of benzene rings is 2. The SMILES string of the molecule is C#CCC(NC(=O)OCC1c2ccccc2-c2ccccc21)C(=O)N1C2CCC1CC(C(=O)O)C2. The number of carbonyl (C=O) groups is 3. The van der Waals surface area contributed by atoms with E-state index in [1.54, 1.807) is 4.90 Å². The maximum atomic E-state index is 13.4. The first-order valence-corrected chi connectivity index (χ1v) is 12.1. The number of hydrogen-bond acceptors (Lipinski definition) is 4. The van der Waals surface area contributed by atoms with Crippen LogP contribution in [0.2, 0.25) is 0 Å². The molecule has 3 atom stereocenters. The van der Waals surface area contributed by atoms with Crippen LogP contribution in [-0.2, 0) is 14.3 Å². The van der Waals surface area contributed by atoms with E-state index in [-0.39, 0.29) is 36.9 Å². The van der Waals surface area contributed by atoms with E-state index in [9.17, 15) is 19.5 Å². The molecule has 3 unspecified atom stereocenters. The summed E-state index contributed by atoms with van der Waals surface area (Å²) in [6.07, 6.45) is 7.28. The number of hydrogen-bond donors (Lipinski definition) is 2. The average molecular weight is 473 g/mol. The number of terminal acetylenes is 1. The van der Waals surface area contributed by atoms with Gasteiger partial charge in [-0.15, -0.1) is 12.3 Å². The first-order chi connectivity index (χ1) is 17.0. The predicted molar refractivity (Wildman–Crippen MR) is 129 cm³/mol. The molecular weight excluding hydrogens is 444 g/mol. The van der Waals surface area contributed by atoms with Crippen LogP contribution in [0.25, 0.3) is 11.1 Å². The summed E-state index contributed by atoms with van der Waals surface area (Å²) in [5.74, 6) is 0.896. The molecule has 2 N–H and O–H groups in total. The Bertz CT molecular complexity index is 1140. The number of carbonyl (C=O) groups excluding carboxylic acids is 2. The highest BCUT2D eigenvalue weighted by Gasteiger charge is 2.46. The van der Waals surface area contributed by atoms with Gasteiger partial charge in [-0.3, -0.25) is 9.59 Å². The summed E-state index contributed by atoms with van der Waals surface area (Å²) in [7, 11) is 0. The Labute approximate surface area is 204 Å². The molecule has 2 fully saturated rings. The lowest BCUT2D eigenvalue weighted by Gasteiger charge is -2.39.